The fourth-order valence-electron chi connectivity index (χ4n) is 1.04. The third-order valence-electron chi connectivity index (χ3n) is 1.70. The van der Waals surface area contributed by atoms with Crippen LogP contribution in [0.3, 0.4) is 0 Å². The Morgan fingerprint density at radius 3 is 2.62 bits per heavy atom. The highest BCUT2D eigenvalue weighted by Gasteiger charge is 2.18. The molecule has 0 bridgehead atoms. The van der Waals surface area contributed by atoms with Gasteiger partial charge in [0.1, 0.15) is 5.75 Å². The van der Waals surface area contributed by atoms with Gasteiger partial charge in [-0.25, -0.2) is 0 Å². The van der Waals surface area contributed by atoms with E-state index in [1.807, 2.05) is 24.3 Å². The van der Waals surface area contributed by atoms with Crippen molar-refractivity contribution in [1.82, 2.24) is 0 Å². The largest absolute Gasteiger partial charge is 0.512 e. The fraction of sp³-hybridized carbons (Fsp3) is 0.333. The highest BCUT2D eigenvalue weighted by atomic mass is 31.1. The van der Waals surface area contributed by atoms with Crippen LogP contribution < -0.4 is 4.74 Å². The van der Waals surface area contributed by atoms with E-state index in [0.717, 1.165) is 11.3 Å². The molecule has 0 fully saturated rings. The Morgan fingerprint density at radius 2 is 2.00 bits per heavy atom. The van der Waals surface area contributed by atoms with Crippen LogP contribution in [-0.4, -0.2) is 14.2 Å². The second-order valence-corrected chi connectivity index (χ2v) is 3.83. The molecule has 1 rings (SSSR count). The van der Waals surface area contributed by atoms with Gasteiger partial charge in [0.25, 0.3) is 0 Å². The Morgan fingerprint density at radius 1 is 1.31 bits per heavy atom. The van der Waals surface area contributed by atoms with Crippen molar-refractivity contribution in [2.75, 3.05) is 14.2 Å². The zero-order valence-corrected chi connectivity index (χ0v) is 8.58. The van der Waals surface area contributed by atoms with Crippen LogP contribution in [0.5, 0.6) is 5.75 Å². The number of hydrogen-bond acceptors (Lipinski definition) is 3. The van der Waals surface area contributed by atoms with Gasteiger partial charge in [-0.1, -0.05) is 18.2 Å². The van der Waals surface area contributed by atoms with E-state index < -0.39 is 8.03 Å². The first kappa shape index (κ1) is 10.2. The Kier molecular flexibility index (Phi) is 3.87. The first-order chi connectivity index (χ1) is 6.27. The highest BCUT2D eigenvalue weighted by Crippen LogP contribution is 2.31. The van der Waals surface area contributed by atoms with Gasteiger partial charge >= 0.3 is 8.03 Å². The number of methoxy groups -OCH3 is 1. The molecule has 0 amide bonds. The van der Waals surface area contributed by atoms with E-state index in [9.17, 15) is 4.57 Å². The van der Waals surface area contributed by atoms with E-state index in [2.05, 4.69) is 0 Å². The lowest BCUT2D eigenvalue weighted by molar-refractivity contribution is 0.403. The van der Waals surface area contributed by atoms with Crippen molar-refractivity contribution in [2.45, 2.75) is 6.16 Å². The molecule has 0 saturated carbocycles. The zero-order valence-electron chi connectivity index (χ0n) is 7.69. The standard InChI is InChI=1S/C9H12O3P/c1-11-9-6-4-3-5-8(9)7-13(10)12-2/h3-6H,7H2,1-2H3/q+1. The van der Waals surface area contributed by atoms with Crippen LogP contribution in [0.15, 0.2) is 24.3 Å². The summed E-state index contributed by atoms with van der Waals surface area (Å²) in [5.74, 6) is 0.753. The van der Waals surface area contributed by atoms with Gasteiger partial charge < -0.3 is 4.74 Å². The van der Waals surface area contributed by atoms with E-state index in [1.165, 1.54) is 7.11 Å². The molecular formula is C9H12O3P+. The summed E-state index contributed by atoms with van der Waals surface area (Å²) in [6, 6.07) is 7.48. The number of benzene rings is 1. The van der Waals surface area contributed by atoms with Gasteiger partial charge in [0.2, 0.25) is 6.16 Å². The maximum Gasteiger partial charge on any atom is 0.512 e. The molecule has 0 aliphatic heterocycles. The summed E-state index contributed by atoms with van der Waals surface area (Å²) >= 11 is 0. The van der Waals surface area contributed by atoms with Gasteiger partial charge in [0, 0.05) is 5.56 Å². The third kappa shape index (κ3) is 2.79. The summed E-state index contributed by atoms with van der Waals surface area (Å²) in [5.41, 5.74) is 0.910. The van der Waals surface area contributed by atoms with Gasteiger partial charge in [-0.3, -0.25) is 0 Å². The molecule has 1 aromatic rings. The minimum atomic E-state index is -1.61. The average Bonchev–Trinajstić information content (AvgIpc) is 2.18. The Bertz CT molecular complexity index is 299. The molecule has 0 saturated heterocycles. The average molecular weight is 199 g/mol. The van der Waals surface area contributed by atoms with E-state index in [4.69, 9.17) is 9.26 Å². The van der Waals surface area contributed by atoms with Crippen LogP contribution in [0.1, 0.15) is 5.56 Å². The normalized spacial score (nSPS) is 11.1. The summed E-state index contributed by atoms with van der Waals surface area (Å²) in [6.07, 6.45) is 0.399. The molecule has 1 unspecified atom stereocenters. The first-order valence-corrected chi connectivity index (χ1v) is 5.25. The molecule has 1 aromatic carbocycles. The van der Waals surface area contributed by atoms with Crippen molar-refractivity contribution in [3.63, 3.8) is 0 Å². The minimum Gasteiger partial charge on any atom is -0.496 e. The topological polar surface area (TPSA) is 35.5 Å². The second kappa shape index (κ2) is 4.95. The van der Waals surface area contributed by atoms with Gasteiger partial charge in [-0.05, 0) is 10.6 Å². The quantitative estimate of drug-likeness (QED) is 0.699. The second-order valence-electron chi connectivity index (χ2n) is 2.49. The zero-order chi connectivity index (χ0) is 9.68. The number of ether oxygens (including phenoxy) is 1. The summed E-state index contributed by atoms with van der Waals surface area (Å²) in [6.45, 7) is 0. The molecule has 0 N–H and O–H groups in total. The van der Waals surface area contributed by atoms with Gasteiger partial charge in [-0.2, -0.15) is 0 Å². The molecule has 13 heavy (non-hydrogen) atoms. The van der Waals surface area contributed by atoms with E-state index >= 15 is 0 Å². The summed E-state index contributed by atoms with van der Waals surface area (Å²) in [7, 11) is 1.43. The molecule has 70 valence electrons. The van der Waals surface area contributed by atoms with E-state index in [1.54, 1.807) is 7.11 Å². The molecule has 0 radical (unpaired) electrons. The summed E-state index contributed by atoms with van der Waals surface area (Å²) in [5, 5.41) is 0. The van der Waals surface area contributed by atoms with Crippen molar-refractivity contribution in [3.8, 4) is 5.75 Å². The molecule has 0 aromatic heterocycles. The summed E-state index contributed by atoms with van der Waals surface area (Å²) < 4.78 is 20.9. The lowest BCUT2D eigenvalue weighted by Gasteiger charge is -2.01. The predicted molar refractivity (Wildman–Crippen MR) is 51.3 cm³/mol. The van der Waals surface area contributed by atoms with Crippen LogP contribution in [-0.2, 0) is 15.3 Å². The molecule has 0 heterocycles. The van der Waals surface area contributed by atoms with Crippen molar-refractivity contribution < 1.29 is 13.8 Å². The van der Waals surface area contributed by atoms with Gasteiger partial charge in [-0.15, -0.1) is 4.52 Å². The smallest absolute Gasteiger partial charge is 0.496 e. The Hall–Kier alpha value is -0.920. The van der Waals surface area contributed by atoms with Crippen molar-refractivity contribution in [3.05, 3.63) is 29.8 Å². The van der Waals surface area contributed by atoms with Crippen molar-refractivity contribution in [2.24, 2.45) is 0 Å². The van der Waals surface area contributed by atoms with Crippen LogP contribution in [0.2, 0.25) is 0 Å². The molecule has 4 heteroatoms. The van der Waals surface area contributed by atoms with Crippen molar-refractivity contribution >= 4 is 8.03 Å². The molecule has 1 atom stereocenters. The van der Waals surface area contributed by atoms with Crippen LogP contribution in [0, 0.1) is 0 Å². The molecule has 0 spiro atoms. The van der Waals surface area contributed by atoms with Crippen LogP contribution >= 0.6 is 8.03 Å². The summed E-state index contributed by atoms with van der Waals surface area (Å²) in [4.78, 5) is 0. The maximum absolute atomic E-state index is 11.1. The van der Waals surface area contributed by atoms with Gasteiger partial charge in [0.05, 0.1) is 14.2 Å². The molecule has 0 aliphatic rings. The van der Waals surface area contributed by atoms with Gasteiger partial charge in [0.15, 0.2) is 0 Å². The lowest BCUT2D eigenvalue weighted by Crippen LogP contribution is -1.89. The fourth-order valence-corrected chi connectivity index (χ4v) is 1.71. The molecule has 3 nitrogen and oxygen atoms in total. The predicted octanol–water partition coefficient (Wildman–Crippen LogP) is 2.58. The molecule has 0 aliphatic carbocycles. The maximum atomic E-state index is 11.1. The first-order valence-electron chi connectivity index (χ1n) is 3.88. The minimum absolute atomic E-state index is 0.399. The number of para-hydroxylation sites is 1. The van der Waals surface area contributed by atoms with E-state index in [0.29, 0.717) is 6.16 Å². The Balaban J connectivity index is 2.81. The number of rotatable bonds is 4. The van der Waals surface area contributed by atoms with Crippen LogP contribution in [0.4, 0.5) is 0 Å². The van der Waals surface area contributed by atoms with Crippen LogP contribution in [0.25, 0.3) is 0 Å². The molecular weight excluding hydrogens is 187 g/mol. The lowest BCUT2D eigenvalue weighted by atomic mass is 10.2. The third-order valence-corrected chi connectivity index (χ3v) is 2.70. The monoisotopic (exact) mass is 199 g/mol. The van der Waals surface area contributed by atoms with E-state index in [-0.39, 0.29) is 0 Å². The number of hydrogen-bond donors (Lipinski definition) is 0. The highest BCUT2D eigenvalue weighted by molar-refractivity contribution is 7.38. The van der Waals surface area contributed by atoms with Crippen molar-refractivity contribution in [1.29, 1.82) is 0 Å². The Labute approximate surface area is 78.5 Å². The SMILES string of the molecule is COc1ccccc1C[P+](=O)OC.